The predicted octanol–water partition coefficient (Wildman–Crippen LogP) is 3.69. The van der Waals surface area contributed by atoms with Gasteiger partial charge >= 0.3 is 0 Å². The number of amides is 2. The highest BCUT2D eigenvalue weighted by atomic mass is 32.2. The summed E-state index contributed by atoms with van der Waals surface area (Å²) < 4.78 is 46.0. The number of aliphatic hydroxyl groups excluding tert-OH is 1. The van der Waals surface area contributed by atoms with Gasteiger partial charge in [-0.3, -0.25) is 9.59 Å². The highest BCUT2D eigenvalue weighted by Gasteiger charge is 2.34. The number of sulfonamides is 1. The fourth-order valence-electron chi connectivity index (χ4n) is 5.59. The molecule has 0 aliphatic carbocycles. The maximum absolute atomic E-state index is 14.3. The molecule has 1 aromatic heterocycles. The molecular formula is C33H53N5O8S. The number of aliphatic hydroxyl groups is 1. The first-order valence-electron chi connectivity index (χ1n) is 16.3. The summed E-state index contributed by atoms with van der Waals surface area (Å²) in [4.78, 5) is 30.6. The zero-order chi connectivity index (χ0) is 34.9. The lowest BCUT2D eigenvalue weighted by Gasteiger charge is -2.35. The van der Waals surface area contributed by atoms with Crippen molar-refractivity contribution in [2.75, 3.05) is 59.3 Å². The van der Waals surface area contributed by atoms with Gasteiger partial charge in [-0.1, -0.05) is 12.1 Å². The van der Waals surface area contributed by atoms with E-state index >= 15 is 0 Å². The van der Waals surface area contributed by atoms with Gasteiger partial charge in [-0.25, -0.2) is 8.42 Å². The van der Waals surface area contributed by atoms with Crippen LogP contribution in [0.1, 0.15) is 74.7 Å². The van der Waals surface area contributed by atoms with E-state index in [9.17, 15) is 23.1 Å². The quantitative estimate of drug-likeness (QED) is 0.359. The first kappa shape index (κ1) is 38.4. The Morgan fingerprint density at radius 2 is 1.91 bits per heavy atom. The van der Waals surface area contributed by atoms with Crippen LogP contribution in [0.2, 0.25) is 0 Å². The minimum absolute atomic E-state index is 0.0310. The third-order valence-electron chi connectivity index (χ3n) is 8.42. The number of likely N-dealkylation sites (N-methyl/N-ethyl adjacent to an activating group) is 1. The molecule has 2 aromatic rings. The Morgan fingerprint density at radius 1 is 1.19 bits per heavy atom. The fraction of sp³-hybridized carbons (Fsp3) is 0.667. The summed E-state index contributed by atoms with van der Waals surface area (Å²) in [6.07, 6.45) is 2.50. The largest absolute Gasteiger partial charge is 0.490 e. The first-order chi connectivity index (χ1) is 22.1. The van der Waals surface area contributed by atoms with Gasteiger partial charge in [0.05, 0.1) is 30.4 Å². The maximum Gasteiger partial charge on any atom is 0.258 e. The summed E-state index contributed by atoms with van der Waals surface area (Å²) in [5, 5.41) is 16.9. The smallest absolute Gasteiger partial charge is 0.258 e. The monoisotopic (exact) mass is 679 g/mol. The Hall–Kier alpha value is -3.04. The van der Waals surface area contributed by atoms with Gasteiger partial charge in [-0.2, -0.15) is 4.31 Å². The van der Waals surface area contributed by atoms with E-state index in [1.165, 1.54) is 11.4 Å². The molecule has 47 heavy (non-hydrogen) atoms. The molecule has 0 fully saturated rings. The van der Waals surface area contributed by atoms with E-state index in [1.807, 2.05) is 32.8 Å². The lowest BCUT2D eigenvalue weighted by Crippen LogP contribution is -2.48. The molecule has 1 aliphatic heterocycles. The van der Waals surface area contributed by atoms with Crippen molar-refractivity contribution in [1.82, 2.24) is 19.3 Å². The number of aryl methyl sites for hydroxylation is 2. The molecule has 0 spiro atoms. The number of anilines is 1. The summed E-state index contributed by atoms with van der Waals surface area (Å²) in [6.45, 7) is 9.82. The van der Waals surface area contributed by atoms with Crippen LogP contribution < -0.4 is 10.1 Å². The number of hydrogen-bond acceptors (Lipinski definition) is 10. The van der Waals surface area contributed by atoms with Crippen molar-refractivity contribution in [2.24, 2.45) is 5.92 Å². The summed E-state index contributed by atoms with van der Waals surface area (Å²) in [5.74, 6) is -0.259. The number of aromatic nitrogens is 1. The molecule has 13 nitrogen and oxygen atoms in total. The van der Waals surface area contributed by atoms with Crippen molar-refractivity contribution < 1.29 is 37.1 Å². The minimum Gasteiger partial charge on any atom is -0.490 e. The van der Waals surface area contributed by atoms with Crippen molar-refractivity contribution in [3.05, 3.63) is 35.2 Å². The van der Waals surface area contributed by atoms with Crippen LogP contribution >= 0.6 is 0 Å². The van der Waals surface area contributed by atoms with Crippen LogP contribution in [-0.2, 0) is 19.6 Å². The molecule has 264 valence electrons. The van der Waals surface area contributed by atoms with Gasteiger partial charge in [-0.15, -0.1) is 0 Å². The van der Waals surface area contributed by atoms with Crippen molar-refractivity contribution in [2.45, 2.75) is 89.9 Å². The average molecular weight is 680 g/mol. The molecule has 0 saturated carbocycles. The standard InChI is InChI=1S/C33H53N5O8S/c1-22-19-38(23(2)21-39)33(41)28-18-27(34-31(40)13-11-16-36(6)7)14-15-29(28)45-24(3)12-9-10-17-44-30(22)20-37(8)47(42,43)32-25(4)35-46-26(32)5/h14-15,18,22-24,30,39H,9-13,16-17,19-21H2,1-8H3,(H,34,40)/t22-,23-,24+,30-/m1/s1. The molecule has 0 saturated heterocycles. The molecule has 2 N–H and O–H groups in total. The van der Waals surface area contributed by atoms with Crippen molar-refractivity contribution in [3.63, 3.8) is 0 Å². The van der Waals surface area contributed by atoms with E-state index in [4.69, 9.17) is 14.0 Å². The number of fused-ring (bicyclic) bond motifs is 1. The first-order valence-corrected chi connectivity index (χ1v) is 17.8. The van der Waals surface area contributed by atoms with Crippen LogP contribution in [-0.4, -0.2) is 117 Å². The van der Waals surface area contributed by atoms with E-state index in [0.717, 1.165) is 19.4 Å². The zero-order valence-corrected chi connectivity index (χ0v) is 29.9. The van der Waals surface area contributed by atoms with Crippen LogP contribution in [0, 0.1) is 19.8 Å². The predicted molar refractivity (Wildman–Crippen MR) is 179 cm³/mol. The van der Waals surface area contributed by atoms with Gasteiger partial charge in [-0.05, 0) is 92.2 Å². The Kier molecular flexibility index (Phi) is 14.2. The van der Waals surface area contributed by atoms with Gasteiger partial charge in [0.25, 0.3) is 5.91 Å². The van der Waals surface area contributed by atoms with Gasteiger partial charge < -0.3 is 34.2 Å². The minimum atomic E-state index is -3.94. The summed E-state index contributed by atoms with van der Waals surface area (Å²) >= 11 is 0. The van der Waals surface area contributed by atoms with Gasteiger partial charge in [0.1, 0.15) is 16.3 Å². The Labute approximate surface area is 279 Å². The molecule has 0 radical (unpaired) electrons. The molecule has 4 atom stereocenters. The lowest BCUT2D eigenvalue weighted by molar-refractivity contribution is -0.116. The summed E-state index contributed by atoms with van der Waals surface area (Å²) in [5.41, 5.74) is 1.02. The van der Waals surface area contributed by atoms with Crippen molar-refractivity contribution in [3.8, 4) is 5.75 Å². The second kappa shape index (κ2) is 17.4. The van der Waals surface area contributed by atoms with Crippen molar-refractivity contribution in [1.29, 1.82) is 0 Å². The third kappa shape index (κ3) is 10.5. The molecule has 0 bridgehead atoms. The number of hydrogen-bond donors (Lipinski definition) is 2. The Balaban J connectivity index is 1.94. The number of carbonyl (C=O) groups excluding carboxylic acids is 2. The van der Waals surface area contributed by atoms with Gasteiger partial charge in [0.2, 0.25) is 15.9 Å². The fourth-order valence-corrected chi connectivity index (χ4v) is 7.06. The number of nitrogens with zero attached hydrogens (tertiary/aromatic N) is 4. The van der Waals surface area contributed by atoms with E-state index in [0.29, 0.717) is 37.3 Å². The highest BCUT2D eigenvalue weighted by Crippen LogP contribution is 2.29. The van der Waals surface area contributed by atoms with Crippen LogP contribution in [0.25, 0.3) is 0 Å². The lowest BCUT2D eigenvalue weighted by atomic mass is 10.0. The Morgan fingerprint density at radius 3 is 2.55 bits per heavy atom. The maximum atomic E-state index is 14.3. The molecule has 0 unspecified atom stereocenters. The number of carbonyl (C=O) groups is 2. The van der Waals surface area contributed by atoms with Gasteiger partial charge in [0, 0.05) is 44.8 Å². The molecule has 2 amide bonds. The van der Waals surface area contributed by atoms with E-state index < -0.39 is 22.2 Å². The van der Waals surface area contributed by atoms with E-state index in [-0.39, 0.29) is 65.4 Å². The highest BCUT2D eigenvalue weighted by molar-refractivity contribution is 7.89. The molecule has 1 aromatic carbocycles. The van der Waals surface area contributed by atoms with Gasteiger partial charge in [0.15, 0.2) is 5.76 Å². The van der Waals surface area contributed by atoms with Crippen molar-refractivity contribution >= 4 is 27.5 Å². The molecule has 3 rings (SSSR count). The number of nitrogens with one attached hydrogen (secondary N) is 1. The number of rotatable bonds is 11. The normalized spacial score (nSPS) is 20.9. The summed E-state index contributed by atoms with van der Waals surface area (Å²) in [7, 11) is 1.46. The molecule has 14 heteroatoms. The zero-order valence-electron chi connectivity index (χ0n) is 29.1. The van der Waals surface area contributed by atoms with Crippen LogP contribution in [0.15, 0.2) is 27.6 Å². The number of ether oxygens (including phenoxy) is 2. The Bertz CT molecular complexity index is 1430. The van der Waals surface area contributed by atoms with E-state index in [2.05, 4.69) is 10.5 Å². The van der Waals surface area contributed by atoms with Crippen LogP contribution in [0.5, 0.6) is 5.75 Å². The molecular weight excluding hydrogens is 626 g/mol. The molecule has 2 heterocycles. The average Bonchev–Trinajstić information content (AvgIpc) is 3.36. The van der Waals surface area contributed by atoms with E-state index in [1.54, 1.807) is 43.9 Å². The van der Waals surface area contributed by atoms with Crippen LogP contribution in [0.3, 0.4) is 0 Å². The topological polar surface area (TPSA) is 155 Å². The van der Waals surface area contributed by atoms with Crippen LogP contribution in [0.4, 0.5) is 5.69 Å². The SMILES string of the molecule is Cc1noc(C)c1S(=O)(=O)N(C)C[C@H]1OCCCC[C@H](C)Oc2ccc(NC(=O)CCCN(C)C)cc2C(=O)N([C@H](C)CO)C[C@H]1C. The second-order valence-electron chi connectivity index (χ2n) is 12.9. The second-order valence-corrected chi connectivity index (χ2v) is 14.9. The third-order valence-corrected chi connectivity index (χ3v) is 10.5. The summed E-state index contributed by atoms with van der Waals surface area (Å²) in [6, 6.07) is 4.49. The number of benzene rings is 1. The molecule has 1 aliphatic rings.